The molecule has 1 aromatic carbocycles. The molecular weight excluding hydrogens is 310 g/mol. The smallest absolute Gasteiger partial charge is 0.407 e. The van der Waals surface area contributed by atoms with Gasteiger partial charge >= 0.3 is 11.8 Å². The summed E-state index contributed by atoms with van der Waals surface area (Å²) in [5.41, 5.74) is -1.84. The van der Waals surface area contributed by atoms with E-state index in [9.17, 15) is 23.7 Å². The van der Waals surface area contributed by atoms with Gasteiger partial charge in [-0.2, -0.15) is 8.78 Å². The molecule has 1 rings (SSSR count). The van der Waals surface area contributed by atoms with E-state index >= 15 is 0 Å². The molecule has 0 heterocycles. The van der Waals surface area contributed by atoms with Crippen molar-refractivity contribution in [1.29, 1.82) is 0 Å². The molecule has 0 aliphatic rings. The highest BCUT2D eigenvalue weighted by molar-refractivity contribution is 5.67. The number of hydrogen-bond acceptors (Lipinski definition) is 4. The topological polar surface area (TPSA) is 81.5 Å². The molecule has 1 amide bonds. The van der Waals surface area contributed by atoms with Crippen LogP contribution in [0, 0.1) is 33.6 Å². The Balaban J connectivity index is 2.58. The van der Waals surface area contributed by atoms with E-state index in [4.69, 9.17) is 4.74 Å². The van der Waals surface area contributed by atoms with E-state index in [0.29, 0.717) is 0 Å². The first-order valence-corrected chi connectivity index (χ1v) is 6.69. The molecule has 0 aliphatic heterocycles. The lowest BCUT2D eigenvalue weighted by atomic mass is 10.2. The maximum atomic E-state index is 13.4. The van der Waals surface area contributed by atoms with Gasteiger partial charge in [0.05, 0.1) is 4.92 Å². The molecule has 23 heavy (non-hydrogen) atoms. The Morgan fingerprint density at radius 1 is 1.35 bits per heavy atom. The fourth-order valence-corrected chi connectivity index (χ4v) is 1.52. The van der Waals surface area contributed by atoms with Crippen molar-refractivity contribution in [1.82, 2.24) is 5.32 Å². The molecule has 8 heteroatoms. The summed E-state index contributed by atoms with van der Waals surface area (Å²) < 4.78 is 31.8. The quantitative estimate of drug-likeness (QED) is 0.400. The zero-order valence-corrected chi connectivity index (χ0v) is 12.9. The second-order valence-electron chi connectivity index (χ2n) is 5.53. The Hall–Kier alpha value is -2.69. The van der Waals surface area contributed by atoms with Crippen molar-refractivity contribution in [3.8, 4) is 11.8 Å². The van der Waals surface area contributed by atoms with Gasteiger partial charge in [0.2, 0.25) is 11.6 Å². The summed E-state index contributed by atoms with van der Waals surface area (Å²) in [4.78, 5) is 20.7. The number of benzene rings is 1. The van der Waals surface area contributed by atoms with Gasteiger partial charge in [-0.25, -0.2) is 4.79 Å². The van der Waals surface area contributed by atoms with Crippen molar-refractivity contribution in [2.24, 2.45) is 0 Å². The Labute approximate surface area is 132 Å². The molecular formula is C15H16F2N2O4. The number of nitro groups is 1. The van der Waals surface area contributed by atoms with Crippen LogP contribution in [0.4, 0.5) is 19.3 Å². The zero-order valence-electron chi connectivity index (χ0n) is 12.9. The number of rotatable bonds is 3. The zero-order chi connectivity index (χ0) is 17.6. The largest absolute Gasteiger partial charge is 0.444 e. The lowest BCUT2D eigenvalue weighted by Crippen LogP contribution is -2.32. The van der Waals surface area contributed by atoms with Crippen LogP contribution < -0.4 is 5.32 Å². The fraction of sp³-hybridized carbons (Fsp3) is 0.400. The van der Waals surface area contributed by atoms with Crippen LogP contribution in [-0.2, 0) is 4.74 Å². The number of hydrogen-bond donors (Lipinski definition) is 1. The molecule has 0 spiro atoms. The van der Waals surface area contributed by atoms with Crippen LogP contribution in [0.25, 0.3) is 0 Å². The third kappa shape index (κ3) is 6.30. The van der Waals surface area contributed by atoms with Crippen LogP contribution in [-0.4, -0.2) is 23.2 Å². The highest BCUT2D eigenvalue weighted by Gasteiger charge is 2.21. The Bertz CT molecular complexity index is 649. The summed E-state index contributed by atoms with van der Waals surface area (Å²) in [5, 5.41) is 12.9. The Morgan fingerprint density at radius 2 is 1.91 bits per heavy atom. The summed E-state index contributed by atoms with van der Waals surface area (Å²) in [6.07, 6.45) is -0.369. The maximum Gasteiger partial charge on any atom is 0.407 e. The van der Waals surface area contributed by atoms with Gasteiger partial charge in [0.15, 0.2) is 0 Å². The molecule has 0 unspecified atom stereocenters. The van der Waals surface area contributed by atoms with Gasteiger partial charge < -0.3 is 10.1 Å². The number of alkyl carbamates (subject to hydrolysis) is 1. The minimum atomic E-state index is -1.29. The Kier molecular flexibility index (Phi) is 6.02. The number of carbonyl (C=O) groups is 1. The lowest BCUT2D eigenvalue weighted by molar-refractivity contribution is -0.390. The van der Waals surface area contributed by atoms with Crippen LogP contribution in [0.2, 0.25) is 0 Å². The van der Waals surface area contributed by atoms with Gasteiger partial charge in [0.1, 0.15) is 5.60 Å². The molecule has 0 bridgehead atoms. The fourth-order valence-electron chi connectivity index (χ4n) is 1.52. The molecule has 6 nitrogen and oxygen atoms in total. The van der Waals surface area contributed by atoms with E-state index in [1.807, 2.05) is 0 Å². The first-order chi connectivity index (χ1) is 10.6. The van der Waals surface area contributed by atoms with Gasteiger partial charge in [0, 0.05) is 18.5 Å². The average molecular weight is 326 g/mol. The van der Waals surface area contributed by atoms with Gasteiger partial charge in [-0.3, -0.25) is 10.1 Å². The highest BCUT2D eigenvalue weighted by atomic mass is 19.1. The second-order valence-corrected chi connectivity index (χ2v) is 5.53. The number of carbonyl (C=O) groups excluding carboxylic acids is 1. The summed E-state index contributed by atoms with van der Waals surface area (Å²) in [7, 11) is 0. The van der Waals surface area contributed by atoms with Gasteiger partial charge in [-0.15, -0.1) is 0 Å². The van der Waals surface area contributed by atoms with Crippen molar-refractivity contribution >= 4 is 11.8 Å². The number of ether oxygens (including phenoxy) is 1. The number of nitrogens with one attached hydrogen (secondary N) is 1. The van der Waals surface area contributed by atoms with Crippen molar-refractivity contribution in [3.63, 3.8) is 0 Å². The molecule has 0 fully saturated rings. The molecule has 0 aromatic heterocycles. The predicted octanol–water partition coefficient (Wildman–Crippen LogP) is 3.14. The normalized spacial score (nSPS) is 10.5. The van der Waals surface area contributed by atoms with Crippen molar-refractivity contribution < 1.29 is 23.2 Å². The molecule has 1 N–H and O–H groups in total. The highest BCUT2D eigenvalue weighted by Crippen LogP contribution is 2.22. The third-order valence-corrected chi connectivity index (χ3v) is 2.35. The van der Waals surface area contributed by atoms with Crippen molar-refractivity contribution in [2.75, 3.05) is 6.54 Å². The van der Waals surface area contributed by atoms with E-state index in [1.54, 1.807) is 20.8 Å². The molecule has 0 atom stereocenters. The second kappa shape index (κ2) is 7.54. The molecule has 0 aliphatic carbocycles. The van der Waals surface area contributed by atoms with Crippen LogP contribution in [0.1, 0.15) is 32.8 Å². The number of nitrogens with zero attached hydrogens (tertiary/aromatic N) is 1. The van der Waals surface area contributed by atoms with E-state index in [2.05, 4.69) is 17.2 Å². The first kappa shape index (κ1) is 18.4. The first-order valence-electron chi connectivity index (χ1n) is 6.69. The molecule has 0 saturated heterocycles. The summed E-state index contributed by atoms with van der Waals surface area (Å²) in [6.45, 7) is 5.37. The van der Waals surface area contributed by atoms with Crippen molar-refractivity contribution in [3.05, 3.63) is 39.4 Å². The van der Waals surface area contributed by atoms with Crippen LogP contribution in [0.15, 0.2) is 12.1 Å². The summed E-state index contributed by atoms with van der Waals surface area (Å²) in [6, 6.07) is 1.57. The minimum Gasteiger partial charge on any atom is -0.444 e. The maximum absolute atomic E-state index is 13.4. The standard InChI is InChI=1S/C15H16F2N2O4/c1-15(2,3)23-14(20)18-7-5-4-6-10-8-11(16)13(19(21)22)12(17)9-10/h8-9H,5,7H2,1-3H3,(H,18,20). The lowest BCUT2D eigenvalue weighted by Gasteiger charge is -2.19. The third-order valence-electron chi connectivity index (χ3n) is 2.35. The van der Waals surface area contributed by atoms with E-state index in [-0.39, 0.29) is 18.5 Å². The van der Waals surface area contributed by atoms with Gasteiger partial charge in [-0.1, -0.05) is 11.8 Å². The number of amides is 1. The van der Waals surface area contributed by atoms with Gasteiger partial charge in [0.25, 0.3) is 0 Å². The average Bonchev–Trinajstić information content (AvgIpc) is 2.34. The number of halogens is 2. The predicted molar refractivity (Wildman–Crippen MR) is 78.7 cm³/mol. The van der Waals surface area contributed by atoms with Crippen LogP contribution in [0.3, 0.4) is 0 Å². The number of nitro benzene ring substituents is 1. The SMILES string of the molecule is CC(C)(C)OC(=O)NCCC#Cc1cc(F)c([N+](=O)[O-])c(F)c1. The van der Waals surface area contributed by atoms with Crippen LogP contribution >= 0.6 is 0 Å². The van der Waals surface area contributed by atoms with Crippen molar-refractivity contribution in [2.45, 2.75) is 32.8 Å². The summed E-state index contributed by atoms with van der Waals surface area (Å²) in [5.74, 6) is 2.50. The van der Waals surface area contributed by atoms with E-state index < -0.39 is 33.9 Å². The minimum absolute atomic E-state index is 0.0251. The molecule has 0 radical (unpaired) electrons. The summed E-state index contributed by atoms with van der Waals surface area (Å²) >= 11 is 0. The van der Waals surface area contributed by atoms with Gasteiger partial charge in [-0.05, 0) is 32.9 Å². The van der Waals surface area contributed by atoms with E-state index in [0.717, 1.165) is 12.1 Å². The molecule has 1 aromatic rings. The molecule has 0 saturated carbocycles. The monoisotopic (exact) mass is 326 g/mol. The van der Waals surface area contributed by atoms with E-state index in [1.165, 1.54) is 0 Å². The Morgan fingerprint density at radius 3 is 2.39 bits per heavy atom. The van der Waals surface area contributed by atoms with Crippen LogP contribution in [0.5, 0.6) is 0 Å². The molecule has 124 valence electrons.